The monoisotopic (exact) mass is 259 g/mol. The van der Waals surface area contributed by atoms with E-state index >= 15 is 0 Å². The Morgan fingerprint density at radius 1 is 1.26 bits per heavy atom. The number of ether oxygens (including phenoxy) is 2. The molecule has 3 heteroatoms. The van der Waals surface area contributed by atoms with Gasteiger partial charge in [0, 0.05) is 18.5 Å². The molecule has 1 aliphatic rings. The largest absolute Gasteiger partial charge is 0.454 e. The van der Waals surface area contributed by atoms with Crippen LogP contribution >= 0.6 is 0 Å². The first-order valence-electron chi connectivity index (χ1n) is 6.77. The van der Waals surface area contributed by atoms with Crippen molar-refractivity contribution in [1.29, 1.82) is 0 Å². The van der Waals surface area contributed by atoms with Crippen LogP contribution in [-0.2, 0) is 6.42 Å². The molecule has 3 nitrogen and oxygen atoms in total. The number of nitrogens with one attached hydrogen (secondary N) is 1. The molecule has 0 aliphatic carbocycles. The van der Waals surface area contributed by atoms with Crippen LogP contribution in [-0.4, -0.2) is 18.9 Å². The Balaban J connectivity index is 1.80. The van der Waals surface area contributed by atoms with Crippen molar-refractivity contribution < 1.29 is 9.47 Å². The Labute approximate surface area is 115 Å². The predicted molar refractivity (Wildman–Crippen MR) is 76.4 cm³/mol. The summed E-state index contributed by atoms with van der Waals surface area (Å²) in [6.45, 7) is 4.65. The molecule has 0 radical (unpaired) electrons. The van der Waals surface area contributed by atoms with Gasteiger partial charge in [-0.05, 0) is 44.4 Å². The van der Waals surface area contributed by atoms with Crippen molar-refractivity contribution in [2.75, 3.05) is 6.79 Å². The molecule has 0 saturated carbocycles. The van der Waals surface area contributed by atoms with Crippen molar-refractivity contribution in [3.8, 4) is 23.8 Å². The number of aryl methyl sites for hydroxylation is 1. The second-order valence-electron chi connectivity index (χ2n) is 5.10. The van der Waals surface area contributed by atoms with Crippen LogP contribution in [0.2, 0.25) is 0 Å². The van der Waals surface area contributed by atoms with Gasteiger partial charge in [-0.15, -0.1) is 12.3 Å². The second-order valence-corrected chi connectivity index (χ2v) is 5.10. The van der Waals surface area contributed by atoms with Crippen molar-refractivity contribution in [3.05, 3.63) is 23.8 Å². The molecule has 1 N–H and O–H groups in total. The van der Waals surface area contributed by atoms with Gasteiger partial charge in [0.2, 0.25) is 6.79 Å². The van der Waals surface area contributed by atoms with Crippen LogP contribution in [0.25, 0.3) is 0 Å². The highest BCUT2D eigenvalue weighted by atomic mass is 16.7. The number of benzene rings is 1. The van der Waals surface area contributed by atoms with Crippen LogP contribution in [0.1, 0.15) is 32.3 Å². The highest BCUT2D eigenvalue weighted by Crippen LogP contribution is 2.32. The van der Waals surface area contributed by atoms with Crippen molar-refractivity contribution in [1.82, 2.24) is 5.32 Å². The average Bonchev–Trinajstić information content (AvgIpc) is 2.83. The minimum Gasteiger partial charge on any atom is -0.454 e. The average molecular weight is 259 g/mol. The summed E-state index contributed by atoms with van der Waals surface area (Å²) in [5.74, 6) is 4.39. The number of hydrogen-bond acceptors (Lipinski definition) is 3. The quantitative estimate of drug-likeness (QED) is 0.797. The summed E-state index contributed by atoms with van der Waals surface area (Å²) >= 11 is 0. The molecule has 102 valence electrons. The van der Waals surface area contributed by atoms with E-state index in [1.165, 1.54) is 5.56 Å². The minimum absolute atomic E-state index is 0.334. The summed E-state index contributed by atoms with van der Waals surface area (Å²) in [5.41, 5.74) is 1.28. The number of rotatable bonds is 6. The fourth-order valence-corrected chi connectivity index (χ4v) is 2.28. The maximum Gasteiger partial charge on any atom is 0.231 e. The lowest BCUT2D eigenvalue weighted by molar-refractivity contribution is 0.174. The van der Waals surface area contributed by atoms with Crippen molar-refractivity contribution >= 4 is 0 Å². The normalized spacial score (nSPS) is 15.8. The van der Waals surface area contributed by atoms with E-state index in [4.69, 9.17) is 15.9 Å². The lowest BCUT2D eigenvalue weighted by atomic mass is 10.0. The van der Waals surface area contributed by atoms with Crippen LogP contribution < -0.4 is 14.8 Å². The summed E-state index contributed by atoms with van der Waals surface area (Å²) < 4.78 is 10.7. The highest BCUT2D eigenvalue weighted by Gasteiger charge is 2.13. The van der Waals surface area contributed by atoms with E-state index in [-0.39, 0.29) is 0 Å². The number of hydrogen-bond donors (Lipinski definition) is 1. The van der Waals surface area contributed by atoms with Crippen LogP contribution in [0.4, 0.5) is 0 Å². The van der Waals surface area contributed by atoms with Crippen LogP contribution in [0.3, 0.4) is 0 Å². The first-order chi connectivity index (χ1) is 9.19. The Morgan fingerprint density at radius 3 is 2.84 bits per heavy atom. The van der Waals surface area contributed by atoms with Gasteiger partial charge in [0.15, 0.2) is 11.5 Å². The molecule has 0 fully saturated rings. The molecule has 19 heavy (non-hydrogen) atoms. The SMILES string of the molecule is C#CCC(C)NC(C)CCc1ccc2c(c1)OCO2. The Hall–Kier alpha value is -1.66. The smallest absolute Gasteiger partial charge is 0.231 e. The molecule has 1 aromatic carbocycles. The first-order valence-corrected chi connectivity index (χ1v) is 6.77. The number of terminal acetylenes is 1. The summed E-state index contributed by atoms with van der Waals surface area (Å²) in [6, 6.07) is 6.98. The topological polar surface area (TPSA) is 30.5 Å². The molecule has 1 aromatic rings. The zero-order valence-corrected chi connectivity index (χ0v) is 11.6. The molecule has 1 aliphatic heterocycles. The summed E-state index contributed by atoms with van der Waals surface area (Å²) in [4.78, 5) is 0. The maximum absolute atomic E-state index is 5.38. The van der Waals surface area contributed by atoms with Gasteiger partial charge < -0.3 is 14.8 Å². The summed E-state index contributed by atoms with van der Waals surface area (Å²) in [7, 11) is 0. The van der Waals surface area contributed by atoms with Crippen molar-refractivity contribution in [2.45, 2.75) is 45.2 Å². The Morgan fingerprint density at radius 2 is 2.05 bits per heavy atom. The van der Waals surface area contributed by atoms with Gasteiger partial charge in [0.25, 0.3) is 0 Å². The minimum atomic E-state index is 0.334. The van der Waals surface area contributed by atoms with Gasteiger partial charge >= 0.3 is 0 Å². The van der Waals surface area contributed by atoms with E-state index in [9.17, 15) is 0 Å². The molecule has 2 atom stereocenters. The highest BCUT2D eigenvalue weighted by molar-refractivity contribution is 5.44. The van der Waals surface area contributed by atoms with Gasteiger partial charge in [-0.1, -0.05) is 6.07 Å². The third-order valence-corrected chi connectivity index (χ3v) is 3.30. The fraction of sp³-hybridized carbons (Fsp3) is 0.500. The molecule has 0 bridgehead atoms. The van der Waals surface area contributed by atoms with Crippen LogP contribution in [0.15, 0.2) is 18.2 Å². The molecule has 0 aromatic heterocycles. The maximum atomic E-state index is 5.38. The Kier molecular flexibility index (Phi) is 4.70. The van der Waals surface area contributed by atoms with E-state index in [1.807, 2.05) is 6.07 Å². The summed E-state index contributed by atoms with van der Waals surface area (Å²) in [6.07, 6.45) is 8.18. The van der Waals surface area contributed by atoms with E-state index in [0.29, 0.717) is 18.9 Å². The van der Waals surface area contributed by atoms with Crippen LogP contribution in [0, 0.1) is 12.3 Å². The third kappa shape index (κ3) is 3.90. The van der Waals surface area contributed by atoms with Gasteiger partial charge in [0.1, 0.15) is 0 Å². The lowest BCUT2D eigenvalue weighted by Gasteiger charge is -2.18. The van der Waals surface area contributed by atoms with Gasteiger partial charge in [-0.2, -0.15) is 0 Å². The molecule has 0 spiro atoms. The standard InChI is InChI=1S/C16H21NO2/c1-4-5-12(2)17-13(3)6-7-14-8-9-15-16(10-14)19-11-18-15/h1,8-10,12-13,17H,5-7,11H2,2-3H3. The van der Waals surface area contributed by atoms with Gasteiger partial charge in [-0.3, -0.25) is 0 Å². The fourth-order valence-electron chi connectivity index (χ4n) is 2.28. The van der Waals surface area contributed by atoms with E-state index in [2.05, 4.69) is 37.2 Å². The second kappa shape index (κ2) is 6.49. The van der Waals surface area contributed by atoms with E-state index < -0.39 is 0 Å². The van der Waals surface area contributed by atoms with Crippen LogP contribution in [0.5, 0.6) is 11.5 Å². The first kappa shape index (κ1) is 13.8. The molecule has 1 heterocycles. The molecule has 2 unspecified atom stereocenters. The molecule has 0 saturated heterocycles. The van der Waals surface area contributed by atoms with E-state index in [1.54, 1.807) is 0 Å². The zero-order valence-electron chi connectivity index (χ0n) is 11.6. The lowest BCUT2D eigenvalue weighted by Crippen LogP contribution is -2.34. The predicted octanol–water partition coefficient (Wildman–Crippen LogP) is 2.74. The number of fused-ring (bicyclic) bond motifs is 1. The molecule has 0 amide bonds. The van der Waals surface area contributed by atoms with Crippen molar-refractivity contribution in [2.24, 2.45) is 0 Å². The Bertz CT molecular complexity index is 464. The van der Waals surface area contributed by atoms with Gasteiger partial charge in [-0.25, -0.2) is 0 Å². The van der Waals surface area contributed by atoms with E-state index in [0.717, 1.165) is 30.8 Å². The summed E-state index contributed by atoms with van der Waals surface area (Å²) in [5, 5.41) is 3.50. The van der Waals surface area contributed by atoms with Crippen molar-refractivity contribution in [3.63, 3.8) is 0 Å². The zero-order chi connectivity index (χ0) is 13.7. The van der Waals surface area contributed by atoms with Gasteiger partial charge in [0.05, 0.1) is 0 Å². The molecular formula is C16H21NO2. The molecule has 2 rings (SSSR count). The third-order valence-electron chi connectivity index (χ3n) is 3.30. The molecular weight excluding hydrogens is 238 g/mol.